The van der Waals surface area contributed by atoms with E-state index in [1.165, 1.54) is 36.0 Å². The van der Waals surface area contributed by atoms with Crippen LogP contribution in [0.1, 0.15) is 52.1 Å². The van der Waals surface area contributed by atoms with Gasteiger partial charge < -0.3 is 15.0 Å². The molecule has 0 radical (unpaired) electrons. The van der Waals surface area contributed by atoms with Gasteiger partial charge in [-0.1, -0.05) is 36.9 Å². The van der Waals surface area contributed by atoms with Gasteiger partial charge in [0.25, 0.3) is 11.8 Å². The second-order valence-electron chi connectivity index (χ2n) is 7.00. The SMILES string of the molecule is CN(C(=O)COC(=O)c1ccc(Cl)c(NC(=O)c2cccs2)c1)C1CCCCC1. The molecule has 0 atom stereocenters. The molecular formula is C21H23ClN2O4S. The first kappa shape index (κ1) is 21.3. The number of hydrogen-bond donors (Lipinski definition) is 1. The van der Waals surface area contributed by atoms with Crippen LogP contribution in [0.15, 0.2) is 35.7 Å². The molecule has 3 rings (SSSR count). The molecular weight excluding hydrogens is 412 g/mol. The molecule has 1 aliphatic rings. The molecule has 0 saturated heterocycles. The third-order valence-electron chi connectivity index (χ3n) is 5.04. The fourth-order valence-electron chi connectivity index (χ4n) is 3.32. The Kier molecular flexibility index (Phi) is 7.28. The van der Waals surface area contributed by atoms with E-state index in [0.717, 1.165) is 25.7 Å². The Bertz CT molecular complexity index is 879. The average Bonchev–Trinajstić information content (AvgIpc) is 3.28. The molecule has 0 aliphatic heterocycles. The lowest BCUT2D eigenvalue weighted by atomic mass is 9.94. The maximum absolute atomic E-state index is 12.4. The van der Waals surface area contributed by atoms with E-state index in [4.69, 9.17) is 16.3 Å². The van der Waals surface area contributed by atoms with Gasteiger partial charge in [-0.15, -0.1) is 11.3 Å². The number of benzene rings is 1. The van der Waals surface area contributed by atoms with Gasteiger partial charge in [0, 0.05) is 13.1 Å². The number of likely N-dealkylation sites (N-methyl/N-ethyl adjacent to an activating group) is 1. The quantitative estimate of drug-likeness (QED) is 0.674. The Labute approximate surface area is 178 Å². The third kappa shape index (κ3) is 5.58. The average molecular weight is 435 g/mol. The second kappa shape index (κ2) is 9.89. The number of rotatable bonds is 6. The molecule has 0 unspecified atom stereocenters. The van der Waals surface area contributed by atoms with Crippen LogP contribution in [0.5, 0.6) is 0 Å². The highest BCUT2D eigenvalue weighted by Crippen LogP contribution is 2.25. The van der Waals surface area contributed by atoms with Crippen LogP contribution in [0, 0.1) is 0 Å². The van der Waals surface area contributed by atoms with E-state index in [0.29, 0.717) is 15.6 Å². The number of ether oxygens (including phenoxy) is 1. The summed E-state index contributed by atoms with van der Waals surface area (Å²) < 4.78 is 5.19. The number of carbonyl (C=O) groups is 3. The summed E-state index contributed by atoms with van der Waals surface area (Å²) in [5.41, 5.74) is 0.522. The lowest BCUT2D eigenvalue weighted by Crippen LogP contribution is -2.40. The number of nitrogens with one attached hydrogen (secondary N) is 1. The zero-order valence-electron chi connectivity index (χ0n) is 16.2. The summed E-state index contributed by atoms with van der Waals surface area (Å²) in [6.07, 6.45) is 5.41. The maximum Gasteiger partial charge on any atom is 0.338 e. The van der Waals surface area contributed by atoms with Gasteiger partial charge in [0.05, 0.1) is 21.2 Å². The molecule has 0 bridgehead atoms. The van der Waals surface area contributed by atoms with Gasteiger partial charge in [-0.3, -0.25) is 9.59 Å². The highest BCUT2D eigenvalue weighted by atomic mass is 35.5. The monoisotopic (exact) mass is 434 g/mol. The van der Waals surface area contributed by atoms with Crippen LogP contribution in [-0.2, 0) is 9.53 Å². The van der Waals surface area contributed by atoms with Crippen LogP contribution in [-0.4, -0.2) is 42.4 Å². The van der Waals surface area contributed by atoms with Crippen molar-refractivity contribution >= 4 is 46.4 Å². The minimum atomic E-state index is -0.640. The first-order valence-electron chi connectivity index (χ1n) is 9.53. The van der Waals surface area contributed by atoms with Gasteiger partial charge in [-0.25, -0.2) is 4.79 Å². The van der Waals surface area contributed by atoms with Crippen molar-refractivity contribution in [1.29, 1.82) is 0 Å². The van der Waals surface area contributed by atoms with Gasteiger partial charge in [-0.05, 0) is 42.5 Å². The minimum Gasteiger partial charge on any atom is -0.452 e. The van der Waals surface area contributed by atoms with Gasteiger partial charge in [0.15, 0.2) is 6.61 Å². The molecule has 1 fully saturated rings. The molecule has 2 amide bonds. The predicted molar refractivity (Wildman–Crippen MR) is 114 cm³/mol. The lowest BCUT2D eigenvalue weighted by molar-refractivity contribution is -0.135. The van der Waals surface area contributed by atoms with E-state index in [9.17, 15) is 14.4 Å². The molecule has 1 heterocycles. The molecule has 0 spiro atoms. The summed E-state index contributed by atoms with van der Waals surface area (Å²) in [6.45, 7) is -0.314. The summed E-state index contributed by atoms with van der Waals surface area (Å²) in [7, 11) is 1.76. The molecule has 6 nitrogen and oxygen atoms in total. The van der Waals surface area contributed by atoms with Crippen LogP contribution in [0.4, 0.5) is 5.69 Å². The topological polar surface area (TPSA) is 75.7 Å². The number of nitrogens with zero attached hydrogens (tertiary/aromatic N) is 1. The minimum absolute atomic E-state index is 0.212. The first-order valence-corrected chi connectivity index (χ1v) is 10.8. The van der Waals surface area contributed by atoms with Crippen molar-refractivity contribution in [3.05, 3.63) is 51.2 Å². The fraction of sp³-hybridized carbons (Fsp3) is 0.381. The van der Waals surface area contributed by atoms with Gasteiger partial charge in [-0.2, -0.15) is 0 Å². The normalized spacial score (nSPS) is 14.3. The van der Waals surface area contributed by atoms with Crippen molar-refractivity contribution < 1.29 is 19.1 Å². The van der Waals surface area contributed by atoms with Crippen LogP contribution in [0.25, 0.3) is 0 Å². The van der Waals surface area contributed by atoms with Gasteiger partial charge >= 0.3 is 5.97 Å². The number of hydrogen-bond acceptors (Lipinski definition) is 5. The van der Waals surface area contributed by atoms with E-state index < -0.39 is 5.97 Å². The number of esters is 1. The number of anilines is 1. The standard InChI is InChI=1S/C21H23ClN2O4S/c1-24(15-6-3-2-4-7-15)19(25)13-28-21(27)14-9-10-16(22)17(12-14)23-20(26)18-8-5-11-29-18/h5,8-12,15H,2-4,6-7,13H2,1H3,(H,23,26). The second-order valence-corrected chi connectivity index (χ2v) is 8.35. The molecule has 1 saturated carbocycles. The van der Waals surface area contributed by atoms with Gasteiger partial charge in [0.1, 0.15) is 0 Å². The van der Waals surface area contributed by atoms with Crippen molar-refractivity contribution in [1.82, 2.24) is 4.90 Å². The summed E-state index contributed by atoms with van der Waals surface area (Å²) in [6, 6.07) is 8.14. The van der Waals surface area contributed by atoms with Crippen LogP contribution in [0.2, 0.25) is 5.02 Å². The summed E-state index contributed by atoms with van der Waals surface area (Å²) >= 11 is 7.44. The largest absolute Gasteiger partial charge is 0.452 e. The Morgan fingerprint density at radius 1 is 1.21 bits per heavy atom. The van der Waals surface area contributed by atoms with Crippen molar-refractivity contribution in [3.8, 4) is 0 Å². The molecule has 2 aromatic rings. The predicted octanol–water partition coefficient (Wildman–Crippen LogP) is 4.60. The van der Waals surface area contributed by atoms with Crippen molar-refractivity contribution in [2.45, 2.75) is 38.1 Å². The van der Waals surface area contributed by atoms with Crippen molar-refractivity contribution in [2.75, 3.05) is 19.0 Å². The molecule has 1 aromatic carbocycles. The molecule has 154 valence electrons. The van der Waals surface area contributed by atoms with E-state index in [2.05, 4.69) is 5.32 Å². The third-order valence-corrected chi connectivity index (χ3v) is 6.24. The van der Waals surface area contributed by atoms with E-state index in [1.807, 2.05) is 0 Å². The highest BCUT2D eigenvalue weighted by molar-refractivity contribution is 7.12. The smallest absolute Gasteiger partial charge is 0.338 e. The zero-order valence-corrected chi connectivity index (χ0v) is 17.7. The van der Waals surface area contributed by atoms with E-state index in [-0.39, 0.29) is 30.0 Å². The molecule has 8 heteroatoms. The Balaban J connectivity index is 1.59. The van der Waals surface area contributed by atoms with Crippen LogP contribution < -0.4 is 5.32 Å². The van der Waals surface area contributed by atoms with E-state index in [1.54, 1.807) is 29.5 Å². The van der Waals surface area contributed by atoms with Crippen molar-refractivity contribution in [2.24, 2.45) is 0 Å². The lowest BCUT2D eigenvalue weighted by Gasteiger charge is -2.31. The molecule has 1 N–H and O–H groups in total. The zero-order chi connectivity index (χ0) is 20.8. The number of halogens is 1. The molecule has 1 aliphatic carbocycles. The van der Waals surface area contributed by atoms with Crippen LogP contribution >= 0.6 is 22.9 Å². The summed E-state index contributed by atoms with van der Waals surface area (Å²) in [5.74, 6) is -1.17. The summed E-state index contributed by atoms with van der Waals surface area (Å²) in [5, 5.41) is 4.79. The Morgan fingerprint density at radius 2 is 1.97 bits per heavy atom. The molecule has 29 heavy (non-hydrogen) atoms. The van der Waals surface area contributed by atoms with E-state index >= 15 is 0 Å². The highest BCUT2D eigenvalue weighted by Gasteiger charge is 2.23. The maximum atomic E-state index is 12.4. The Morgan fingerprint density at radius 3 is 2.66 bits per heavy atom. The number of thiophene rings is 1. The fourth-order valence-corrected chi connectivity index (χ4v) is 4.11. The van der Waals surface area contributed by atoms with Gasteiger partial charge in [0.2, 0.25) is 0 Å². The van der Waals surface area contributed by atoms with Crippen molar-refractivity contribution in [3.63, 3.8) is 0 Å². The number of amides is 2. The van der Waals surface area contributed by atoms with Crippen LogP contribution in [0.3, 0.4) is 0 Å². The Hall–Kier alpha value is -2.38. The molecule has 1 aromatic heterocycles. The summed E-state index contributed by atoms with van der Waals surface area (Å²) in [4.78, 5) is 39.2. The first-order chi connectivity index (χ1) is 14.0. The number of carbonyl (C=O) groups excluding carboxylic acids is 3.